The van der Waals surface area contributed by atoms with Gasteiger partial charge in [-0.15, -0.1) is 0 Å². The van der Waals surface area contributed by atoms with Gasteiger partial charge in [-0.2, -0.15) is 0 Å². The molecular formula is C15H16ClN3O3S2. The van der Waals surface area contributed by atoms with Crippen molar-refractivity contribution in [2.75, 3.05) is 11.6 Å². The number of aromatic nitrogens is 1. The molecule has 2 amide bonds. The number of carbonyl (C=O) groups excluding carboxylic acids is 1. The van der Waals surface area contributed by atoms with Crippen molar-refractivity contribution in [2.45, 2.75) is 30.7 Å². The van der Waals surface area contributed by atoms with Crippen LogP contribution in [0.5, 0.6) is 0 Å². The summed E-state index contributed by atoms with van der Waals surface area (Å²) in [6.45, 7) is 1.81. The van der Waals surface area contributed by atoms with Gasteiger partial charge in [0.1, 0.15) is 0 Å². The van der Waals surface area contributed by atoms with Gasteiger partial charge in [-0.3, -0.25) is 5.32 Å². The van der Waals surface area contributed by atoms with Crippen molar-refractivity contribution >= 4 is 43.9 Å². The number of sulfone groups is 1. The second-order valence-corrected chi connectivity index (χ2v) is 9.11. The van der Waals surface area contributed by atoms with E-state index >= 15 is 0 Å². The van der Waals surface area contributed by atoms with Crippen molar-refractivity contribution in [1.29, 1.82) is 0 Å². The lowest BCUT2D eigenvalue weighted by molar-refractivity contribution is 0.251. The van der Waals surface area contributed by atoms with Crippen molar-refractivity contribution in [1.82, 2.24) is 10.3 Å². The van der Waals surface area contributed by atoms with E-state index in [-0.39, 0.29) is 22.0 Å². The highest BCUT2D eigenvalue weighted by molar-refractivity contribution is 7.90. The Morgan fingerprint density at radius 1 is 1.38 bits per heavy atom. The van der Waals surface area contributed by atoms with Crippen LogP contribution in [0.4, 0.5) is 9.93 Å². The number of hydrogen-bond donors (Lipinski definition) is 2. The van der Waals surface area contributed by atoms with Gasteiger partial charge < -0.3 is 5.32 Å². The molecule has 1 fully saturated rings. The van der Waals surface area contributed by atoms with Gasteiger partial charge in [0, 0.05) is 12.3 Å². The largest absolute Gasteiger partial charge is 0.335 e. The van der Waals surface area contributed by atoms with Crippen LogP contribution in [-0.4, -0.2) is 31.7 Å². The second-order valence-electron chi connectivity index (χ2n) is 5.72. The Kier molecular flexibility index (Phi) is 4.54. The Balaban J connectivity index is 1.88. The molecule has 1 aromatic heterocycles. The van der Waals surface area contributed by atoms with Crippen molar-refractivity contribution < 1.29 is 13.2 Å². The summed E-state index contributed by atoms with van der Waals surface area (Å²) in [4.78, 5) is 17.0. The Labute approximate surface area is 149 Å². The molecule has 0 saturated heterocycles. The maximum absolute atomic E-state index is 11.8. The minimum Gasteiger partial charge on any atom is -0.335 e. The molecule has 0 bridgehead atoms. The summed E-state index contributed by atoms with van der Waals surface area (Å²) >= 11 is 7.27. The lowest BCUT2D eigenvalue weighted by atomic mass is 10.2. The fourth-order valence-corrected chi connectivity index (χ4v) is 4.45. The minimum absolute atomic E-state index is 0.0791. The molecule has 2 N–H and O–H groups in total. The molecule has 2 aromatic rings. The SMILES string of the molecule is Cc1nc(NC(=O)NC2CC2)sc1-c1ccc(Cl)c(S(C)(=O)=O)c1. The summed E-state index contributed by atoms with van der Waals surface area (Å²) in [5.41, 5.74) is 1.41. The van der Waals surface area contributed by atoms with Crippen molar-refractivity contribution in [2.24, 2.45) is 0 Å². The molecule has 1 saturated carbocycles. The first-order chi connectivity index (χ1) is 11.2. The predicted molar refractivity (Wildman–Crippen MR) is 95.6 cm³/mol. The summed E-state index contributed by atoms with van der Waals surface area (Å²) in [5, 5.41) is 6.20. The van der Waals surface area contributed by atoms with Gasteiger partial charge in [-0.25, -0.2) is 18.2 Å². The molecule has 0 aliphatic heterocycles. The van der Waals surface area contributed by atoms with Gasteiger partial charge >= 0.3 is 6.03 Å². The van der Waals surface area contributed by atoms with Gasteiger partial charge in [-0.05, 0) is 37.5 Å². The number of thiazole rings is 1. The van der Waals surface area contributed by atoms with Gasteiger partial charge in [0.2, 0.25) is 0 Å². The molecule has 0 radical (unpaired) electrons. The van der Waals surface area contributed by atoms with Crippen molar-refractivity contribution in [3.8, 4) is 10.4 Å². The molecule has 1 aromatic carbocycles. The van der Waals surface area contributed by atoms with E-state index in [1.807, 2.05) is 6.92 Å². The quantitative estimate of drug-likeness (QED) is 0.843. The molecule has 0 atom stereocenters. The average molecular weight is 386 g/mol. The van der Waals surface area contributed by atoms with Crippen molar-refractivity contribution in [3.05, 3.63) is 28.9 Å². The summed E-state index contributed by atoms with van der Waals surface area (Å²) in [5.74, 6) is 0. The summed E-state index contributed by atoms with van der Waals surface area (Å²) in [6, 6.07) is 4.82. The number of nitrogens with zero attached hydrogens (tertiary/aromatic N) is 1. The third kappa shape index (κ3) is 3.88. The van der Waals surface area contributed by atoms with Crippen LogP contribution in [0.2, 0.25) is 5.02 Å². The highest BCUT2D eigenvalue weighted by Gasteiger charge is 2.24. The van der Waals surface area contributed by atoms with E-state index in [4.69, 9.17) is 11.6 Å². The fraction of sp³-hybridized carbons (Fsp3) is 0.333. The van der Waals surface area contributed by atoms with E-state index in [1.165, 1.54) is 17.4 Å². The first-order valence-electron chi connectivity index (χ1n) is 7.29. The lowest BCUT2D eigenvalue weighted by Gasteiger charge is -2.05. The van der Waals surface area contributed by atoms with Crippen LogP contribution in [0.3, 0.4) is 0 Å². The maximum Gasteiger partial charge on any atom is 0.321 e. The molecule has 9 heteroatoms. The summed E-state index contributed by atoms with van der Waals surface area (Å²) < 4.78 is 23.6. The van der Waals surface area contributed by atoms with E-state index in [0.29, 0.717) is 16.4 Å². The zero-order valence-electron chi connectivity index (χ0n) is 13.1. The topological polar surface area (TPSA) is 88.2 Å². The average Bonchev–Trinajstić information content (AvgIpc) is 3.20. The van der Waals surface area contributed by atoms with E-state index in [1.54, 1.807) is 12.1 Å². The number of nitrogens with one attached hydrogen (secondary N) is 2. The van der Waals surface area contributed by atoms with Crippen LogP contribution in [0.25, 0.3) is 10.4 Å². The monoisotopic (exact) mass is 385 g/mol. The van der Waals surface area contributed by atoms with Crippen LogP contribution in [-0.2, 0) is 9.84 Å². The van der Waals surface area contributed by atoms with Crippen LogP contribution >= 0.6 is 22.9 Å². The highest BCUT2D eigenvalue weighted by atomic mass is 35.5. The van der Waals surface area contributed by atoms with Gasteiger partial charge in [-0.1, -0.05) is 29.0 Å². The molecule has 1 heterocycles. The van der Waals surface area contributed by atoms with Crippen LogP contribution in [0.1, 0.15) is 18.5 Å². The molecule has 1 aliphatic rings. The number of hydrogen-bond acceptors (Lipinski definition) is 5. The summed E-state index contributed by atoms with van der Waals surface area (Å²) in [7, 11) is -3.42. The van der Waals surface area contributed by atoms with E-state index in [2.05, 4.69) is 15.6 Å². The third-order valence-corrected chi connectivity index (χ3v) is 6.22. The normalized spacial score (nSPS) is 14.5. The van der Waals surface area contributed by atoms with E-state index in [9.17, 15) is 13.2 Å². The molecular weight excluding hydrogens is 370 g/mol. The Morgan fingerprint density at radius 2 is 2.08 bits per heavy atom. The van der Waals surface area contributed by atoms with Gasteiger partial charge in [0.25, 0.3) is 0 Å². The van der Waals surface area contributed by atoms with Gasteiger partial charge in [0.05, 0.1) is 20.5 Å². The number of aryl methyl sites for hydroxylation is 1. The number of anilines is 1. The zero-order valence-corrected chi connectivity index (χ0v) is 15.5. The molecule has 1 aliphatic carbocycles. The number of carbonyl (C=O) groups is 1. The van der Waals surface area contributed by atoms with E-state index in [0.717, 1.165) is 24.0 Å². The number of urea groups is 1. The number of rotatable bonds is 4. The van der Waals surface area contributed by atoms with Crippen LogP contribution in [0, 0.1) is 6.92 Å². The Bertz CT molecular complexity index is 905. The fourth-order valence-electron chi connectivity index (χ4n) is 2.19. The standard InChI is InChI=1S/C15H16ClN3O3S2/c1-8-13(9-3-6-11(16)12(7-9)24(2,21)22)23-15(17-8)19-14(20)18-10-4-5-10/h3,6-7,10H,4-5H2,1-2H3,(H2,17,18,19,20). The first kappa shape index (κ1) is 17.2. The zero-order chi connectivity index (χ0) is 17.5. The lowest BCUT2D eigenvalue weighted by Crippen LogP contribution is -2.30. The molecule has 0 unspecified atom stereocenters. The third-order valence-electron chi connectivity index (χ3n) is 3.52. The highest BCUT2D eigenvalue weighted by Crippen LogP contribution is 2.35. The molecule has 6 nitrogen and oxygen atoms in total. The smallest absolute Gasteiger partial charge is 0.321 e. The van der Waals surface area contributed by atoms with E-state index < -0.39 is 9.84 Å². The molecule has 0 spiro atoms. The minimum atomic E-state index is -3.42. The maximum atomic E-state index is 11.8. The Hall–Kier alpha value is -1.64. The number of benzene rings is 1. The van der Waals surface area contributed by atoms with Gasteiger partial charge in [0.15, 0.2) is 15.0 Å². The molecule has 24 heavy (non-hydrogen) atoms. The van der Waals surface area contributed by atoms with Crippen LogP contribution < -0.4 is 10.6 Å². The Morgan fingerprint density at radius 3 is 2.71 bits per heavy atom. The second kappa shape index (κ2) is 6.34. The first-order valence-corrected chi connectivity index (χ1v) is 10.4. The molecule has 3 rings (SSSR count). The van der Waals surface area contributed by atoms with Crippen LogP contribution in [0.15, 0.2) is 23.1 Å². The predicted octanol–water partition coefficient (Wildman–Crippen LogP) is 3.46. The molecule has 128 valence electrons. The summed E-state index contributed by atoms with van der Waals surface area (Å²) in [6.07, 6.45) is 3.13. The van der Waals surface area contributed by atoms with Crippen molar-refractivity contribution in [3.63, 3.8) is 0 Å². The number of halogens is 1. The number of amides is 2.